The summed E-state index contributed by atoms with van der Waals surface area (Å²) in [7, 11) is -3.42. The Morgan fingerprint density at radius 1 is 1.48 bits per heavy atom. The minimum absolute atomic E-state index is 0.0141. The van der Waals surface area contributed by atoms with Crippen LogP contribution >= 0.6 is 0 Å². The van der Waals surface area contributed by atoms with E-state index < -0.39 is 27.9 Å². The number of amides is 1. The minimum Gasteiger partial charge on any atom is -0.475 e. The molecule has 2 heterocycles. The zero-order valence-corrected chi connectivity index (χ0v) is 12.2. The van der Waals surface area contributed by atoms with E-state index in [-0.39, 0.29) is 12.3 Å². The molecule has 0 bridgehead atoms. The second kappa shape index (κ2) is 5.86. The number of rotatable bonds is 5. The number of nitrogens with zero attached hydrogens (tertiary/aromatic N) is 1. The van der Waals surface area contributed by atoms with Crippen LogP contribution in [0.3, 0.4) is 0 Å². The van der Waals surface area contributed by atoms with Crippen molar-refractivity contribution in [2.45, 2.75) is 25.4 Å². The van der Waals surface area contributed by atoms with Crippen molar-refractivity contribution in [2.75, 3.05) is 12.8 Å². The van der Waals surface area contributed by atoms with E-state index in [1.807, 2.05) is 0 Å². The number of sulfonamides is 1. The maximum Gasteiger partial charge on any atom is 0.371 e. The molecule has 2 N–H and O–H groups in total. The van der Waals surface area contributed by atoms with Crippen LogP contribution in [0.1, 0.15) is 29.2 Å². The van der Waals surface area contributed by atoms with Crippen molar-refractivity contribution >= 4 is 21.9 Å². The largest absolute Gasteiger partial charge is 0.475 e. The van der Waals surface area contributed by atoms with Crippen LogP contribution in [-0.4, -0.2) is 48.5 Å². The molecule has 1 aromatic heterocycles. The molecule has 1 saturated heterocycles. The van der Waals surface area contributed by atoms with Gasteiger partial charge in [-0.15, -0.1) is 0 Å². The summed E-state index contributed by atoms with van der Waals surface area (Å²) in [6.07, 6.45) is 2.18. The molecule has 0 radical (unpaired) electrons. The zero-order valence-electron chi connectivity index (χ0n) is 11.4. The molecule has 116 valence electrons. The van der Waals surface area contributed by atoms with Gasteiger partial charge in [-0.05, 0) is 25.0 Å². The number of carboxylic acids is 1. The van der Waals surface area contributed by atoms with Crippen molar-refractivity contribution in [3.63, 3.8) is 0 Å². The quantitative estimate of drug-likeness (QED) is 0.791. The zero-order chi connectivity index (χ0) is 15.6. The Morgan fingerprint density at radius 3 is 2.76 bits per heavy atom. The van der Waals surface area contributed by atoms with Crippen LogP contribution in [0.5, 0.6) is 0 Å². The van der Waals surface area contributed by atoms with E-state index >= 15 is 0 Å². The molecule has 9 heteroatoms. The molecule has 8 nitrogen and oxygen atoms in total. The maximum absolute atomic E-state index is 12.0. The summed E-state index contributed by atoms with van der Waals surface area (Å²) in [6, 6.07) is 2.03. The highest BCUT2D eigenvalue weighted by atomic mass is 32.2. The number of nitrogens with one attached hydrogen (secondary N) is 1. The lowest BCUT2D eigenvalue weighted by atomic mass is 10.2. The minimum atomic E-state index is -3.42. The number of carbonyl (C=O) groups excluding carboxylic acids is 1. The monoisotopic (exact) mass is 316 g/mol. The topological polar surface area (TPSA) is 117 Å². The Balaban J connectivity index is 1.96. The normalized spacial score (nSPS) is 19.6. The lowest BCUT2D eigenvalue weighted by Gasteiger charge is -2.21. The van der Waals surface area contributed by atoms with E-state index in [4.69, 9.17) is 9.52 Å². The second-order valence-electron chi connectivity index (χ2n) is 4.82. The highest BCUT2D eigenvalue weighted by Crippen LogP contribution is 2.20. The SMILES string of the molecule is CS(=O)(=O)N1CCCC1C(=O)NCc1ccc(C(=O)O)o1. The first-order valence-electron chi connectivity index (χ1n) is 6.35. The molecule has 1 aromatic rings. The van der Waals surface area contributed by atoms with E-state index in [1.54, 1.807) is 0 Å². The summed E-state index contributed by atoms with van der Waals surface area (Å²) < 4.78 is 29.3. The number of aromatic carboxylic acids is 1. The summed E-state index contributed by atoms with van der Waals surface area (Å²) in [5, 5.41) is 11.3. The predicted molar refractivity (Wildman–Crippen MR) is 72.1 cm³/mol. The molecule has 0 aromatic carbocycles. The molecular formula is C12H16N2O6S. The standard InChI is InChI=1S/C12H16N2O6S/c1-21(18,19)14-6-2-3-9(14)11(15)13-7-8-4-5-10(20-8)12(16)17/h4-5,9H,2-3,6-7H2,1H3,(H,13,15)(H,16,17). The number of hydrogen-bond donors (Lipinski definition) is 2. The van der Waals surface area contributed by atoms with E-state index in [2.05, 4.69) is 5.32 Å². The molecule has 1 fully saturated rings. The van der Waals surface area contributed by atoms with Gasteiger partial charge in [0.15, 0.2) is 0 Å². The van der Waals surface area contributed by atoms with Crippen LogP contribution in [0, 0.1) is 0 Å². The molecule has 0 spiro atoms. The van der Waals surface area contributed by atoms with Crippen molar-refractivity contribution in [3.05, 3.63) is 23.7 Å². The third-order valence-electron chi connectivity index (χ3n) is 3.24. The lowest BCUT2D eigenvalue weighted by molar-refractivity contribution is -0.124. The summed E-state index contributed by atoms with van der Waals surface area (Å²) in [5.74, 6) is -1.51. The molecule has 1 aliphatic rings. The molecule has 21 heavy (non-hydrogen) atoms. The molecule has 2 rings (SSSR count). The molecule has 1 unspecified atom stereocenters. The molecule has 1 atom stereocenters. The number of carbonyl (C=O) groups is 2. The van der Waals surface area contributed by atoms with Crippen LogP contribution in [0.2, 0.25) is 0 Å². The van der Waals surface area contributed by atoms with Gasteiger partial charge < -0.3 is 14.8 Å². The van der Waals surface area contributed by atoms with Gasteiger partial charge in [-0.2, -0.15) is 4.31 Å². The first-order chi connectivity index (χ1) is 9.79. The summed E-state index contributed by atoms with van der Waals surface area (Å²) in [6.45, 7) is 0.348. The Labute approximate surface area is 121 Å². The fraction of sp³-hybridized carbons (Fsp3) is 0.500. The van der Waals surface area contributed by atoms with Gasteiger partial charge >= 0.3 is 5.97 Å². The summed E-state index contributed by atoms with van der Waals surface area (Å²) in [4.78, 5) is 22.7. The van der Waals surface area contributed by atoms with Crippen molar-refractivity contribution < 1.29 is 27.5 Å². The molecule has 0 saturated carbocycles. The van der Waals surface area contributed by atoms with Gasteiger partial charge in [-0.25, -0.2) is 13.2 Å². The van der Waals surface area contributed by atoms with Crippen molar-refractivity contribution in [3.8, 4) is 0 Å². The number of carboxylic acid groups (broad SMARTS) is 1. The van der Waals surface area contributed by atoms with Crippen molar-refractivity contribution in [1.29, 1.82) is 0 Å². The van der Waals surface area contributed by atoms with Crippen LogP contribution in [0.15, 0.2) is 16.5 Å². The van der Waals surface area contributed by atoms with Crippen molar-refractivity contribution in [2.24, 2.45) is 0 Å². The van der Waals surface area contributed by atoms with E-state index in [9.17, 15) is 18.0 Å². The van der Waals surface area contributed by atoms with Crippen LogP contribution in [0.4, 0.5) is 0 Å². The number of hydrogen-bond acceptors (Lipinski definition) is 5. The molecule has 1 aliphatic heterocycles. The third kappa shape index (κ3) is 3.61. The van der Waals surface area contributed by atoms with Gasteiger partial charge in [-0.3, -0.25) is 4.79 Å². The smallest absolute Gasteiger partial charge is 0.371 e. The van der Waals surface area contributed by atoms with E-state index in [0.717, 1.165) is 6.26 Å². The van der Waals surface area contributed by atoms with Gasteiger partial charge in [0, 0.05) is 6.54 Å². The molecule has 1 amide bonds. The van der Waals surface area contributed by atoms with Gasteiger partial charge in [0.05, 0.1) is 12.8 Å². The lowest BCUT2D eigenvalue weighted by Crippen LogP contribution is -2.45. The third-order valence-corrected chi connectivity index (χ3v) is 4.53. The number of furan rings is 1. The first kappa shape index (κ1) is 15.5. The average Bonchev–Trinajstić information content (AvgIpc) is 3.04. The van der Waals surface area contributed by atoms with Crippen molar-refractivity contribution in [1.82, 2.24) is 9.62 Å². The van der Waals surface area contributed by atoms with Gasteiger partial charge in [0.1, 0.15) is 11.8 Å². The fourth-order valence-corrected chi connectivity index (χ4v) is 3.40. The van der Waals surface area contributed by atoms with Crippen LogP contribution in [0.25, 0.3) is 0 Å². The fourth-order valence-electron chi connectivity index (χ4n) is 2.28. The van der Waals surface area contributed by atoms with Gasteiger partial charge in [-0.1, -0.05) is 0 Å². The highest BCUT2D eigenvalue weighted by molar-refractivity contribution is 7.88. The maximum atomic E-state index is 12.0. The summed E-state index contributed by atoms with van der Waals surface area (Å²) >= 11 is 0. The molecule has 0 aliphatic carbocycles. The van der Waals surface area contributed by atoms with Gasteiger partial charge in [0.2, 0.25) is 21.7 Å². The first-order valence-corrected chi connectivity index (χ1v) is 8.20. The Morgan fingerprint density at radius 2 is 2.19 bits per heavy atom. The van der Waals surface area contributed by atoms with E-state index in [0.29, 0.717) is 25.1 Å². The second-order valence-corrected chi connectivity index (χ2v) is 6.76. The van der Waals surface area contributed by atoms with Crippen LogP contribution < -0.4 is 5.32 Å². The Kier molecular flexibility index (Phi) is 4.33. The summed E-state index contributed by atoms with van der Waals surface area (Å²) in [5.41, 5.74) is 0. The Bertz CT molecular complexity index is 650. The van der Waals surface area contributed by atoms with E-state index in [1.165, 1.54) is 16.4 Å². The average molecular weight is 316 g/mol. The van der Waals surface area contributed by atoms with Crippen LogP contribution in [-0.2, 0) is 21.4 Å². The highest BCUT2D eigenvalue weighted by Gasteiger charge is 2.36. The predicted octanol–water partition coefficient (Wildman–Crippen LogP) is 0.0180. The Hall–Kier alpha value is -1.87. The molecular weight excluding hydrogens is 300 g/mol. The van der Waals surface area contributed by atoms with Gasteiger partial charge in [0.25, 0.3) is 0 Å².